The molecule has 1 atom stereocenters. The number of H-pyrrole nitrogens is 1. The number of anilines is 2. The number of aromatic nitrogens is 2. The zero-order valence-electron chi connectivity index (χ0n) is 38.6. The highest BCUT2D eigenvalue weighted by Crippen LogP contribution is 2.55. The molecule has 2 aliphatic carbocycles. The van der Waals surface area contributed by atoms with Gasteiger partial charge in [-0.3, -0.25) is 19.8 Å². The fourth-order valence-electron chi connectivity index (χ4n) is 11.4. The number of aliphatic hydroxyl groups is 1. The third-order valence-corrected chi connectivity index (χ3v) is 16.5. The summed E-state index contributed by atoms with van der Waals surface area (Å²) in [6, 6.07) is 16.5. The molecule has 5 heterocycles. The minimum absolute atomic E-state index is 0.0595. The number of nitro benzene ring substituents is 1. The number of piperidine rings is 1. The van der Waals surface area contributed by atoms with Crippen LogP contribution in [0.3, 0.4) is 0 Å². The number of sulfonamides is 1. The molecular weight excluding hydrogens is 894 g/mol. The molecule has 5 aliphatic rings. The standard InChI is InChI=1S/C50H58FN7O9S/c1-30(2)35-7-4-5-8-36(35)39-9-6-18-57(39)33-25-50(26-33)15-19-56(20-16-50)40-23-42(67-34-21-32-12-17-52-47(32)54-28-34)37(22-38(40)51)48(59)55-68(63,64)43-24-41(58(61)62)44(46-45(43)65-29-66-46)53-27-31-10-13-49(3,60)14-11-31/h4-5,7-8,12,17,21-24,28,30-31,33,39,53,60H,6,9-11,13-16,18-20,25-27,29H2,1-3H3,(H,52,54)(H,55,59)/t31-,39-,49-/m0/s1. The predicted octanol–water partition coefficient (Wildman–Crippen LogP) is 9.31. The number of benzene rings is 3. The Hall–Kier alpha value is -5.98. The second kappa shape index (κ2) is 17.8. The fourth-order valence-corrected chi connectivity index (χ4v) is 12.5. The number of fused-ring (bicyclic) bond motifs is 2. The molecule has 0 unspecified atom stereocenters. The number of hydrogen-bond donors (Lipinski definition) is 4. The molecule has 3 aliphatic heterocycles. The summed E-state index contributed by atoms with van der Waals surface area (Å²) in [5.74, 6) is -1.82. The number of rotatable bonds is 13. The topological polar surface area (TPSA) is 201 Å². The van der Waals surface area contributed by atoms with Gasteiger partial charge >= 0.3 is 0 Å². The highest BCUT2D eigenvalue weighted by Gasteiger charge is 2.50. The highest BCUT2D eigenvalue weighted by molar-refractivity contribution is 7.90. The number of carbonyl (C=O) groups excluding carboxylic acids is 1. The smallest absolute Gasteiger partial charge is 0.297 e. The van der Waals surface area contributed by atoms with Crippen LogP contribution in [0, 0.1) is 27.3 Å². The Morgan fingerprint density at radius 2 is 1.79 bits per heavy atom. The van der Waals surface area contributed by atoms with Crippen molar-refractivity contribution in [2.45, 2.75) is 113 Å². The van der Waals surface area contributed by atoms with E-state index in [9.17, 15) is 28.4 Å². The van der Waals surface area contributed by atoms with Crippen molar-refractivity contribution >= 4 is 44.0 Å². The van der Waals surface area contributed by atoms with Crippen molar-refractivity contribution in [2.75, 3.05) is 43.2 Å². The average molecular weight is 952 g/mol. The van der Waals surface area contributed by atoms with Gasteiger partial charge in [0.15, 0.2) is 17.2 Å². The second-order valence-corrected chi connectivity index (χ2v) is 21.7. The van der Waals surface area contributed by atoms with E-state index in [1.165, 1.54) is 29.8 Å². The maximum atomic E-state index is 16.5. The monoisotopic (exact) mass is 951 g/mol. The number of pyridine rings is 1. The Balaban J connectivity index is 0.883. The number of likely N-dealkylation sites (tertiary alicyclic amines) is 1. The lowest BCUT2D eigenvalue weighted by molar-refractivity contribution is -0.384. The number of aromatic amines is 1. The Labute approximate surface area is 394 Å². The zero-order valence-corrected chi connectivity index (χ0v) is 39.4. The minimum atomic E-state index is -4.93. The summed E-state index contributed by atoms with van der Waals surface area (Å²) in [7, 11) is -4.93. The lowest BCUT2D eigenvalue weighted by Crippen LogP contribution is -2.55. The van der Waals surface area contributed by atoms with E-state index >= 15 is 4.39 Å². The quantitative estimate of drug-likeness (QED) is 0.0643. The summed E-state index contributed by atoms with van der Waals surface area (Å²) in [5, 5.41) is 26.6. The Kier molecular flexibility index (Phi) is 12.0. The number of nitrogens with one attached hydrogen (secondary N) is 3. The molecule has 2 saturated carbocycles. The first kappa shape index (κ1) is 45.8. The third-order valence-electron chi connectivity index (χ3n) is 15.2. The maximum Gasteiger partial charge on any atom is 0.297 e. The Bertz CT molecular complexity index is 2860. The molecular formula is C50H58FN7O9S. The first-order valence-corrected chi connectivity index (χ1v) is 25.2. The van der Waals surface area contributed by atoms with Crippen LogP contribution in [0.4, 0.5) is 21.5 Å². The molecule has 16 nitrogen and oxygen atoms in total. The summed E-state index contributed by atoms with van der Waals surface area (Å²) >= 11 is 0. The lowest BCUT2D eigenvalue weighted by Gasteiger charge is -2.56. The molecule has 1 amide bonds. The van der Waals surface area contributed by atoms with Crippen molar-refractivity contribution in [1.29, 1.82) is 0 Å². The van der Waals surface area contributed by atoms with Crippen LogP contribution in [0.5, 0.6) is 23.0 Å². The van der Waals surface area contributed by atoms with Crippen molar-refractivity contribution in [3.05, 3.63) is 99.6 Å². The van der Waals surface area contributed by atoms with Crippen LogP contribution in [-0.4, -0.2) is 83.8 Å². The van der Waals surface area contributed by atoms with Gasteiger partial charge < -0.3 is 34.5 Å². The van der Waals surface area contributed by atoms with E-state index in [1.54, 1.807) is 25.3 Å². The molecule has 2 saturated heterocycles. The van der Waals surface area contributed by atoms with Crippen LogP contribution in [-0.2, 0) is 10.0 Å². The first-order valence-electron chi connectivity index (χ1n) is 23.8. The van der Waals surface area contributed by atoms with E-state index in [1.807, 2.05) is 9.62 Å². The molecule has 0 radical (unpaired) electrons. The van der Waals surface area contributed by atoms with Crippen molar-refractivity contribution in [3.8, 4) is 23.0 Å². The molecule has 360 valence electrons. The highest BCUT2D eigenvalue weighted by atomic mass is 32.2. The van der Waals surface area contributed by atoms with Gasteiger partial charge in [0.2, 0.25) is 6.79 Å². The predicted molar refractivity (Wildman–Crippen MR) is 254 cm³/mol. The molecule has 10 rings (SSSR count). The van der Waals surface area contributed by atoms with Crippen molar-refractivity contribution in [3.63, 3.8) is 0 Å². The van der Waals surface area contributed by atoms with E-state index in [0.717, 1.165) is 50.8 Å². The number of halogens is 1. The normalized spacial score (nSPS) is 22.7. The first-order chi connectivity index (χ1) is 32.6. The minimum Gasteiger partial charge on any atom is -0.455 e. The number of nitrogens with zero attached hydrogens (tertiary/aromatic N) is 4. The number of hydrogen-bond acceptors (Lipinski definition) is 13. The van der Waals surface area contributed by atoms with Gasteiger partial charge in [0, 0.05) is 55.4 Å². The van der Waals surface area contributed by atoms with Gasteiger partial charge in [-0.2, -0.15) is 0 Å². The number of ether oxygens (including phenoxy) is 3. The van der Waals surface area contributed by atoms with E-state index in [2.05, 4.69) is 58.3 Å². The molecule has 4 N–H and O–H groups in total. The number of nitro groups is 1. The van der Waals surface area contributed by atoms with E-state index in [0.29, 0.717) is 74.4 Å². The molecule has 5 aromatic rings. The van der Waals surface area contributed by atoms with E-state index in [4.69, 9.17) is 14.2 Å². The third kappa shape index (κ3) is 8.81. The van der Waals surface area contributed by atoms with Gasteiger partial charge in [0.25, 0.3) is 21.6 Å². The summed E-state index contributed by atoms with van der Waals surface area (Å²) in [5.41, 5.74) is 1.98. The van der Waals surface area contributed by atoms with Crippen LogP contribution in [0.15, 0.2) is 71.9 Å². The molecule has 18 heteroatoms. The Morgan fingerprint density at radius 3 is 2.54 bits per heavy atom. The molecule has 3 aromatic carbocycles. The number of amides is 1. The number of carbonyl (C=O) groups is 1. The lowest BCUT2D eigenvalue weighted by atomic mass is 9.59. The average Bonchev–Trinajstić information content (AvgIpc) is 4.10. The zero-order chi connectivity index (χ0) is 47.5. The van der Waals surface area contributed by atoms with Gasteiger partial charge in [0.1, 0.15) is 27.9 Å². The van der Waals surface area contributed by atoms with Gasteiger partial charge in [-0.05, 0) is 124 Å². The molecule has 68 heavy (non-hydrogen) atoms. The summed E-state index contributed by atoms with van der Waals surface area (Å²) in [4.78, 5) is 37.3. The second-order valence-electron chi connectivity index (χ2n) is 20.1. The van der Waals surface area contributed by atoms with Crippen LogP contribution < -0.4 is 29.1 Å². The van der Waals surface area contributed by atoms with E-state index < -0.39 is 55.2 Å². The fraction of sp³-hybridized carbons (Fsp3) is 0.480. The van der Waals surface area contributed by atoms with Gasteiger partial charge in [0.05, 0.1) is 28.0 Å². The molecule has 1 spiro atoms. The summed E-state index contributed by atoms with van der Waals surface area (Å²) in [6.45, 7) is 8.43. The van der Waals surface area contributed by atoms with Gasteiger partial charge in [-0.1, -0.05) is 38.1 Å². The molecule has 4 fully saturated rings. The van der Waals surface area contributed by atoms with Gasteiger partial charge in [-0.25, -0.2) is 22.5 Å². The van der Waals surface area contributed by atoms with Crippen LogP contribution in [0.25, 0.3) is 11.0 Å². The largest absolute Gasteiger partial charge is 0.455 e. The molecule has 0 bridgehead atoms. The van der Waals surface area contributed by atoms with Crippen LogP contribution >= 0.6 is 0 Å². The van der Waals surface area contributed by atoms with E-state index in [-0.39, 0.29) is 45.7 Å². The summed E-state index contributed by atoms with van der Waals surface area (Å²) < 4.78 is 64.3. The van der Waals surface area contributed by atoms with Crippen LogP contribution in [0.2, 0.25) is 0 Å². The van der Waals surface area contributed by atoms with Crippen molar-refractivity contribution < 1.29 is 41.8 Å². The Morgan fingerprint density at radius 1 is 1.04 bits per heavy atom. The summed E-state index contributed by atoms with van der Waals surface area (Å²) in [6.07, 6.45) is 11.9. The maximum absolute atomic E-state index is 16.5. The van der Waals surface area contributed by atoms with Crippen molar-refractivity contribution in [1.82, 2.24) is 19.6 Å². The van der Waals surface area contributed by atoms with Crippen LogP contribution in [0.1, 0.15) is 118 Å². The van der Waals surface area contributed by atoms with Gasteiger partial charge in [-0.15, -0.1) is 0 Å². The van der Waals surface area contributed by atoms with Crippen molar-refractivity contribution in [2.24, 2.45) is 11.3 Å². The molecule has 2 aromatic heterocycles. The SMILES string of the molecule is CC(C)c1ccccc1[C@@H]1CCCN1C1CC2(CCN(c3cc(Oc4cnc5[nH]ccc5c4)c(C(=O)NS(=O)(=O)c4cc([N+](=O)[O-])c(NC[C@H]5CC[C@](C)(O)CC5)c5c4OCO5)cc3F)CC2)C1.